The molecule has 1 aromatic rings. The number of ether oxygens (including phenoxy) is 1. The second-order valence-electron chi connectivity index (χ2n) is 4.05. The van der Waals surface area contributed by atoms with Crippen LogP contribution in [0.1, 0.15) is 12.0 Å². The highest BCUT2D eigenvalue weighted by molar-refractivity contribution is 7.86. The van der Waals surface area contributed by atoms with Crippen molar-refractivity contribution in [2.75, 3.05) is 0 Å². The molecule has 0 spiro atoms. The minimum Gasteiger partial charge on any atom is -0.442 e. The molecule has 1 fully saturated rings. The Hall–Kier alpha value is -1.44. The Morgan fingerprint density at radius 3 is 2.61 bits per heavy atom. The fourth-order valence-corrected chi connectivity index (χ4v) is 2.65. The molecule has 1 heterocycles. The highest BCUT2D eigenvalue weighted by atomic mass is 32.2. The van der Waals surface area contributed by atoms with Crippen LogP contribution in [0.2, 0.25) is 0 Å². The number of hydrogen-bond acceptors (Lipinski definition) is 5. The zero-order chi connectivity index (χ0) is 13.2. The molecular formula is C11H13NO5S. The number of carbonyl (C=O) groups excluding carboxylic acids is 1. The van der Waals surface area contributed by atoms with Gasteiger partial charge >= 0.3 is 16.1 Å². The van der Waals surface area contributed by atoms with E-state index >= 15 is 0 Å². The van der Waals surface area contributed by atoms with Gasteiger partial charge in [-0.3, -0.25) is 9.35 Å². The molecule has 1 aromatic carbocycles. The lowest BCUT2D eigenvalue weighted by Crippen LogP contribution is -2.40. The van der Waals surface area contributed by atoms with Gasteiger partial charge < -0.3 is 10.1 Å². The molecule has 0 aromatic heterocycles. The first-order chi connectivity index (χ1) is 8.47. The van der Waals surface area contributed by atoms with E-state index in [4.69, 9.17) is 4.55 Å². The number of cyclic esters (lactones) is 1. The van der Waals surface area contributed by atoms with Crippen LogP contribution in [-0.2, 0) is 26.2 Å². The molecule has 7 heteroatoms. The molecular weight excluding hydrogens is 258 g/mol. The normalized spacial score (nSPS) is 23.9. The molecule has 18 heavy (non-hydrogen) atoms. The molecule has 1 unspecified atom stereocenters. The molecule has 2 atom stereocenters. The van der Waals surface area contributed by atoms with Crippen LogP contribution in [0.15, 0.2) is 30.3 Å². The van der Waals surface area contributed by atoms with Gasteiger partial charge in [-0.15, -0.1) is 0 Å². The van der Waals surface area contributed by atoms with Crippen molar-refractivity contribution in [1.29, 1.82) is 0 Å². The molecule has 1 aliphatic heterocycles. The van der Waals surface area contributed by atoms with Crippen LogP contribution >= 0.6 is 0 Å². The lowest BCUT2D eigenvalue weighted by molar-refractivity contribution is -0.139. The number of hydrogen-bond donors (Lipinski definition) is 2. The molecule has 0 bridgehead atoms. The summed E-state index contributed by atoms with van der Waals surface area (Å²) in [5.74, 6) is -0.636. The molecule has 0 radical (unpaired) electrons. The van der Waals surface area contributed by atoms with Gasteiger partial charge in [-0.25, -0.2) is 0 Å². The van der Waals surface area contributed by atoms with Crippen LogP contribution in [0.3, 0.4) is 0 Å². The Bertz CT molecular complexity index is 528. The van der Waals surface area contributed by atoms with E-state index in [1.165, 1.54) is 0 Å². The van der Waals surface area contributed by atoms with Gasteiger partial charge in [0.1, 0.15) is 0 Å². The zero-order valence-corrected chi connectivity index (χ0v) is 10.3. The lowest BCUT2D eigenvalue weighted by Gasteiger charge is -2.16. The van der Waals surface area contributed by atoms with E-state index in [2.05, 4.69) is 10.1 Å². The fraction of sp³-hybridized carbons (Fsp3) is 0.364. The summed E-state index contributed by atoms with van der Waals surface area (Å²) in [6.07, 6.45) is -0.0721. The van der Waals surface area contributed by atoms with Crippen molar-refractivity contribution in [3.63, 3.8) is 0 Å². The van der Waals surface area contributed by atoms with Crippen molar-refractivity contribution < 1.29 is 22.5 Å². The Balaban J connectivity index is 2.02. The molecule has 0 amide bonds. The molecule has 1 saturated heterocycles. The second kappa shape index (κ2) is 5.05. The first-order valence-corrected chi connectivity index (χ1v) is 6.90. The molecule has 2 N–H and O–H groups in total. The maximum Gasteiger partial charge on any atom is 0.309 e. The van der Waals surface area contributed by atoms with Crippen LogP contribution in [0.5, 0.6) is 0 Å². The van der Waals surface area contributed by atoms with E-state index in [-0.39, 0.29) is 6.42 Å². The zero-order valence-electron chi connectivity index (χ0n) is 9.44. The third-order valence-electron chi connectivity index (χ3n) is 2.67. The van der Waals surface area contributed by atoms with Gasteiger partial charge in [-0.1, -0.05) is 30.3 Å². The molecule has 6 nitrogen and oxygen atoms in total. The molecule has 0 aliphatic carbocycles. The molecule has 98 valence electrons. The van der Waals surface area contributed by atoms with Crippen LogP contribution < -0.4 is 5.32 Å². The van der Waals surface area contributed by atoms with Crippen LogP contribution in [0, 0.1) is 0 Å². The quantitative estimate of drug-likeness (QED) is 0.604. The van der Waals surface area contributed by atoms with Gasteiger partial charge in [0.2, 0.25) is 5.44 Å². The summed E-state index contributed by atoms with van der Waals surface area (Å²) in [5, 5.41) is 2.90. The highest BCUT2D eigenvalue weighted by Gasteiger charge is 2.42. The van der Waals surface area contributed by atoms with Crippen molar-refractivity contribution in [1.82, 2.24) is 5.32 Å². The van der Waals surface area contributed by atoms with Gasteiger partial charge in [0, 0.05) is 6.54 Å². The Morgan fingerprint density at radius 1 is 1.33 bits per heavy atom. The lowest BCUT2D eigenvalue weighted by atomic mass is 10.2. The Labute approximate surface area is 105 Å². The number of benzene rings is 1. The number of rotatable bonds is 4. The summed E-state index contributed by atoms with van der Waals surface area (Å²) in [6, 6.07) is 8.58. The van der Waals surface area contributed by atoms with Gasteiger partial charge in [0.05, 0.1) is 12.5 Å². The maximum absolute atomic E-state index is 11.1. The average molecular weight is 271 g/mol. The van der Waals surface area contributed by atoms with Gasteiger partial charge in [0.15, 0.2) is 0 Å². The van der Waals surface area contributed by atoms with E-state index in [1.807, 2.05) is 30.3 Å². The van der Waals surface area contributed by atoms with E-state index in [1.54, 1.807) is 0 Å². The van der Waals surface area contributed by atoms with Crippen LogP contribution in [0.25, 0.3) is 0 Å². The SMILES string of the molecule is O=C1C[C@@H](NCc2ccccc2)C(S(=O)(=O)O)O1. The van der Waals surface area contributed by atoms with E-state index < -0.39 is 27.6 Å². The molecule has 2 rings (SSSR count). The topological polar surface area (TPSA) is 92.7 Å². The standard InChI is InChI=1S/C11H13NO5S/c13-10-6-9(11(17-10)18(14,15)16)12-7-8-4-2-1-3-5-8/h1-5,9,11-12H,6-7H2,(H,14,15,16)/t9-,11?/m1/s1. The van der Waals surface area contributed by atoms with Crippen molar-refractivity contribution in [2.24, 2.45) is 0 Å². The fourth-order valence-electron chi connectivity index (χ4n) is 1.82. The smallest absolute Gasteiger partial charge is 0.309 e. The van der Waals surface area contributed by atoms with Crippen molar-refractivity contribution in [3.8, 4) is 0 Å². The number of carbonyl (C=O) groups is 1. The summed E-state index contributed by atoms with van der Waals surface area (Å²) >= 11 is 0. The van der Waals surface area contributed by atoms with Crippen LogP contribution in [-0.4, -0.2) is 30.4 Å². The van der Waals surface area contributed by atoms with E-state index in [9.17, 15) is 13.2 Å². The van der Waals surface area contributed by atoms with E-state index in [0.717, 1.165) is 5.56 Å². The summed E-state index contributed by atoms with van der Waals surface area (Å²) in [5.41, 5.74) is -0.570. The first-order valence-electron chi connectivity index (χ1n) is 5.40. The van der Waals surface area contributed by atoms with Crippen LogP contribution in [0.4, 0.5) is 0 Å². The molecule has 1 aliphatic rings. The summed E-state index contributed by atoms with van der Waals surface area (Å²) in [7, 11) is -4.39. The van der Waals surface area contributed by atoms with Crippen molar-refractivity contribution in [2.45, 2.75) is 24.4 Å². The maximum atomic E-state index is 11.1. The summed E-state index contributed by atoms with van der Waals surface area (Å²) in [6.45, 7) is 0.397. The molecule has 0 saturated carbocycles. The minimum absolute atomic E-state index is 0.0721. The minimum atomic E-state index is -4.39. The third kappa shape index (κ3) is 3.06. The second-order valence-corrected chi connectivity index (χ2v) is 5.54. The van der Waals surface area contributed by atoms with Gasteiger partial charge in [0.25, 0.3) is 0 Å². The van der Waals surface area contributed by atoms with Crippen molar-refractivity contribution in [3.05, 3.63) is 35.9 Å². The monoisotopic (exact) mass is 271 g/mol. The van der Waals surface area contributed by atoms with Crippen molar-refractivity contribution >= 4 is 16.1 Å². The van der Waals surface area contributed by atoms with Gasteiger partial charge in [-0.05, 0) is 5.56 Å². The predicted octanol–water partition coefficient (Wildman–Crippen LogP) is 0.306. The predicted molar refractivity (Wildman–Crippen MR) is 63.1 cm³/mol. The number of esters is 1. The number of nitrogens with one attached hydrogen (secondary N) is 1. The summed E-state index contributed by atoms with van der Waals surface area (Å²) < 4.78 is 35.6. The summed E-state index contributed by atoms with van der Waals surface area (Å²) in [4.78, 5) is 11.1. The Morgan fingerprint density at radius 2 is 2.00 bits per heavy atom. The van der Waals surface area contributed by atoms with Gasteiger partial charge in [-0.2, -0.15) is 8.42 Å². The Kier molecular flexibility index (Phi) is 3.65. The third-order valence-corrected chi connectivity index (χ3v) is 3.68. The first kappa shape index (κ1) is 13.0. The largest absolute Gasteiger partial charge is 0.442 e. The highest BCUT2D eigenvalue weighted by Crippen LogP contribution is 2.19. The average Bonchev–Trinajstić information content (AvgIpc) is 2.69. The van der Waals surface area contributed by atoms with E-state index in [0.29, 0.717) is 6.54 Å².